The molecule has 1 aliphatic rings. The van der Waals surface area contributed by atoms with Gasteiger partial charge < -0.3 is 21.8 Å². The Balaban J connectivity index is 0. The normalized spacial score (nSPS) is 13.4. The third-order valence-electron chi connectivity index (χ3n) is 2.32. The molecule has 2 heterocycles. The maximum absolute atomic E-state index is 5.82. The molecule has 0 aliphatic carbocycles. The van der Waals surface area contributed by atoms with E-state index in [2.05, 4.69) is 9.88 Å². The predicted molar refractivity (Wildman–Crippen MR) is 72.6 cm³/mol. The Morgan fingerprint density at radius 1 is 1.12 bits per heavy atom. The lowest BCUT2D eigenvalue weighted by atomic mass is 10.3. The van der Waals surface area contributed by atoms with Crippen molar-refractivity contribution in [3.05, 3.63) is 12.3 Å². The first kappa shape index (κ1) is 17.5. The van der Waals surface area contributed by atoms with E-state index < -0.39 is 0 Å². The second-order valence-electron chi connectivity index (χ2n) is 3.38. The fourth-order valence-electron chi connectivity index (χ4n) is 1.68. The Hall–Kier alpha value is -0.910. The molecule has 1 aliphatic heterocycles. The Morgan fingerprint density at radius 3 is 2.19 bits per heavy atom. The van der Waals surface area contributed by atoms with Gasteiger partial charge in [-0.3, -0.25) is 0 Å². The zero-order valence-electron chi connectivity index (χ0n) is 8.85. The van der Waals surface area contributed by atoms with Gasteiger partial charge in [-0.15, -0.1) is 24.8 Å². The first-order chi connectivity index (χ1) is 6.27. The van der Waals surface area contributed by atoms with Gasteiger partial charge in [0.25, 0.3) is 0 Å². The van der Waals surface area contributed by atoms with Crippen molar-refractivity contribution >= 4 is 42.0 Å². The number of halogens is 2. The number of hydrogen-bond acceptors (Lipinski definition) is 4. The van der Waals surface area contributed by atoms with E-state index in [1.54, 1.807) is 12.3 Å². The second kappa shape index (κ2) is 7.38. The molecule has 0 saturated carbocycles. The summed E-state index contributed by atoms with van der Waals surface area (Å²) in [4.78, 5) is 6.44. The minimum absolute atomic E-state index is 0. The molecule has 94 valence electrons. The summed E-state index contributed by atoms with van der Waals surface area (Å²) in [5.74, 6) is 0.881. The minimum atomic E-state index is 0. The molecule has 2 rings (SSSR count). The second-order valence-corrected chi connectivity index (χ2v) is 3.38. The van der Waals surface area contributed by atoms with Crippen molar-refractivity contribution in [2.24, 2.45) is 0 Å². The van der Waals surface area contributed by atoms with Crippen LogP contribution >= 0.6 is 24.8 Å². The summed E-state index contributed by atoms with van der Waals surface area (Å²) in [6.45, 7) is 2.11. The monoisotopic (exact) mass is 268 g/mol. The Kier molecular flexibility index (Phi) is 8.06. The summed E-state index contributed by atoms with van der Waals surface area (Å²) in [6.07, 6.45) is 4.11. The van der Waals surface area contributed by atoms with E-state index in [0.29, 0.717) is 11.4 Å². The molecule has 0 unspecified atom stereocenters. The largest absolute Gasteiger partial charge is 0.412 e. The lowest BCUT2D eigenvalue weighted by molar-refractivity contribution is 0.824. The summed E-state index contributed by atoms with van der Waals surface area (Å²) >= 11 is 0. The molecule has 0 bridgehead atoms. The standard InChI is InChI=1S/C9H14N4.2ClH.H2O/c10-7-5-8(11)9(12-6-7)13-3-1-2-4-13;;;/h5-6H,1-4,10-11H2;2*1H;1H2. The van der Waals surface area contributed by atoms with Crippen LogP contribution < -0.4 is 16.4 Å². The fraction of sp³-hybridized carbons (Fsp3) is 0.444. The van der Waals surface area contributed by atoms with Crippen LogP contribution in [0.1, 0.15) is 12.8 Å². The van der Waals surface area contributed by atoms with E-state index >= 15 is 0 Å². The van der Waals surface area contributed by atoms with Crippen LogP contribution in [0.5, 0.6) is 0 Å². The first-order valence-corrected chi connectivity index (χ1v) is 4.53. The molecule has 0 spiro atoms. The van der Waals surface area contributed by atoms with Crippen LogP contribution in [0, 0.1) is 0 Å². The molecule has 5 nitrogen and oxygen atoms in total. The van der Waals surface area contributed by atoms with Gasteiger partial charge in [0.15, 0.2) is 5.82 Å². The van der Waals surface area contributed by atoms with Crippen LogP contribution in [0.3, 0.4) is 0 Å². The number of nitrogens with zero attached hydrogens (tertiary/aromatic N) is 2. The van der Waals surface area contributed by atoms with E-state index in [1.807, 2.05) is 0 Å². The number of nitrogens with two attached hydrogens (primary N) is 2. The molecule has 1 aromatic rings. The number of pyridine rings is 1. The Morgan fingerprint density at radius 2 is 1.69 bits per heavy atom. The van der Waals surface area contributed by atoms with E-state index in [9.17, 15) is 0 Å². The van der Waals surface area contributed by atoms with Gasteiger partial charge in [0.2, 0.25) is 0 Å². The van der Waals surface area contributed by atoms with Crippen molar-refractivity contribution in [1.29, 1.82) is 0 Å². The highest BCUT2D eigenvalue weighted by molar-refractivity contribution is 5.85. The number of aromatic nitrogens is 1. The van der Waals surface area contributed by atoms with Gasteiger partial charge in [0.1, 0.15) is 0 Å². The average molecular weight is 269 g/mol. The van der Waals surface area contributed by atoms with Crippen LogP contribution in [0.25, 0.3) is 0 Å². The molecule has 7 heteroatoms. The highest BCUT2D eigenvalue weighted by Crippen LogP contribution is 2.25. The smallest absolute Gasteiger partial charge is 0.151 e. The molecule has 1 fully saturated rings. The van der Waals surface area contributed by atoms with Crippen LogP contribution in [0.4, 0.5) is 17.2 Å². The van der Waals surface area contributed by atoms with Gasteiger partial charge in [-0.05, 0) is 18.9 Å². The highest BCUT2D eigenvalue weighted by atomic mass is 35.5. The van der Waals surface area contributed by atoms with Crippen molar-refractivity contribution < 1.29 is 5.48 Å². The zero-order valence-corrected chi connectivity index (χ0v) is 10.5. The Bertz CT molecular complexity index is 318. The van der Waals surface area contributed by atoms with Crippen LogP contribution in [0.15, 0.2) is 12.3 Å². The maximum Gasteiger partial charge on any atom is 0.151 e. The van der Waals surface area contributed by atoms with Crippen molar-refractivity contribution in [3.63, 3.8) is 0 Å². The average Bonchev–Trinajstić information content (AvgIpc) is 2.56. The van der Waals surface area contributed by atoms with Gasteiger partial charge in [-0.2, -0.15) is 0 Å². The number of nitrogen functional groups attached to an aromatic ring is 2. The predicted octanol–water partition coefficient (Wildman–Crippen LogP) is 0.865. The summed E-state index contributed by atoms with van der Waals surface area (Å²) in [5.41, 5.74) is 12.7. The van der Waals surface area contributed by atoms with Gasteiger partial charge in [0, 0.05) is 13.1 Å². The Labute approximate surface area is 107 Å². The number of anilines is 3. The lowest BCUT2D eigenvalue weighted by Gasteiger charge is -2.17. The van der Waals surface area contributed by atoms with Gasteiger partial charge in [0.05, 0.1) is 17.6 Å². The minimum Gasteiger partial charge on any atom is -0.412 e. The third-order valence-corrected chi connectivity index (χ3v) is 2.32. The van der Waals surface area contributed by atoms with Crippen molar-refractivity contribution in [3.8, 4) is 0 Å². The third kappa shape index (κ3) is 3.59. The summed E-state index contributed by atoms with van der Waals surface area (Å²) in [5, 5.41) is 0. The molecular weight excluding hydrogens is 251 g/mol. The van der Waals surface area contributed by atoms with Crippen molar-refractivity contribution in [1.82, 2.24) is 4.98 Å². The SMILES string of the molecule is Cl.Cl.Nc1cnc(N2CCCC2)c(N)c1.O. The molecule has 0 amide bonds. The molecule has 0 radical (unpaired) electrons. The van der Waals surface area contributed by atoms with Gasteiger partial charge in [-0.1, -0.05) is 0 Å². The number of hydrogen-bond donors (Lipinski definition) is 2. The highest BCUT2D eigenvalue weighted by Gasteiger charge is 2.15. The van der Waals surface area contributed by atoms with E-state index in [1.165, 1.54) is 12.8 Å². The van der Waals surface area contributed by atoms with Gasteiger partial charge in [-0.25, -0.2) is 4.98 Å². The molecular formula is C9H18Cl2N4O. The van der Waals surface area contributed by atoms with Gasteiger partial charge >= 0.3 is 0 Å². The molecule has 16 heavy (non-hydrogen) atoms. The van der Waals surface area contributed by atoms with Crippen LogP contribution in [0.2, 0.25) is 0 Å². The quantitative estimate of drug-likeness (QED) is 0.789. The van der Waals surface area contributed by atoms with Crippen molar-refractivity contribution in [2.45, 2.75) is 12.8 Å². The number of rotatable bonds is 1. The molecule has 1 aromatic heterocycles. The van der Waals surface area contributed by atoms with E-state index in [0.717, 1.165) is 18.9 Å². The van der Waals surface area contributed by atoms with Crippen LogP contribution in [-0.2, 0) is 0 Å². The molecule has 6 N–H and O–H groups in total. The van der Waals surface area contributed by atoms with E-state index in [-0.39, 0.29) is 30.3 Å². The molecule has 1 saturated heterocycles. The fourth-order valence-corrected chi connectivity index (χ4v) is 1.68. The summed E-state index contributed by atoms with van der Waals surface area (Å²) < 4.78 is 0. The van der Waals surface area contributed by atoms with Crippen molar-refractivity contribution in [2.75, 3.05) is 29.5 Å². The van der Waals surface area contributed by atoms with E-state index in [4.69, 9.17) is 11.5 Å². The molecule has 0 atom stereocenters. The zero-order chi connectivity index (χ0) is 9.26. The topological polar surface area (TPSA) is 99.7 Å². The van der Waals surface area contributed by atoms with Crippen LogP contribution in [-0.4, -0.2) is 23.5 Å². The molecule has 0 aromatic carbocycles. The lowest BCUT2D eigenvalue weighted by Crippen LogP contribution is -2.20. The maximum atomic E-state index is 5.82. The first-order valence-electron chi connectivity index (χ1n) is 4.53. The summed E-state index contributed by atoms with van der Waals surface area (Å²) in [6, 6.07) is 1.76. The summed E-state index contributed by atoms with van der Waals surface area (Å²) in [7, 11) is 0.